The van der Waals surface area contributed by atoms with Crippen LogP contribution in [0.15, 0.2) is 30.3 Å². The maximum Gasteiger partial charge on any atom is 0.331 e. The smallest absolute Gasteiger partial charge is 0.331 e. The van der Waals surface area contributed by atoms with Gasteiger partial charge in [0.25, 0.3) is 5.91 Å². The van der Waals surface area contributed by atoms with Crippen molar-refractivity contribution in [3.63, 3.8) is 0 Å². The average Bonchev–Trinajstić information content (AvgIpc) is 2.45. The minimum atomic E-state index is -1.02. The quantitative estimate of drug-likeness (QED) is 0.572. The molecule has 2 N–H and O–H groups in total. The number of nitrogens with one attached hydrogen (secondary N) is 1. The van der Waals surface area contributed by atoms with Gasteiger partial charge in [-0.3, -0.25) is 4.79 Å². The molecular formula is C14H19NO4. The summed E-state index contributed by atoms with van der Waals surface area (Å²) >= 11 is 0. The highest BCUT2D eigenvalue weighted by Gasteiger charge is 2.21. The van der Waals surface area contributed by atoms with E-state index in [4.69, 9.17) is 9.84 Å². The molecule has 1 aromatic carbocycles. The van der Waals surface area contributed by atoms with Crippen LogP contribution in [0.5, 0.6) is 0 Å². The fraction of sp³-hybridized carbons (Fsp3) is 0.429. The molecule has 0 saturated carbocycles. The highest BCUT2D eigenvalue weighted by molar-refractivity contribution is 5.96. The number of hydrogen-bond donors (Lipinski definition) is 2. The minimum absolute atomic E-state index is 0.299. The van der Waals surface area contributed by atoms with Crippen LogP contribution < -0.4 is 5.32 Å². The molecule has 0 radical (unpaired) electrons. The van der Waals surface area contributed by atoms with E-state index in [0.29, 0.717) is 12.2 Å². The zero-order chi connectivity index (χ0) is 14.1. The van der Waals surface area contributed by atoms with Crippen LogP contribution in [-0.4, -0.2) is 36.2 Å². The Morgan fingerprint density at radius 1 is 1.32 bits per heavy atom. The molecule has 1 atom stereocenters. The second-order valence-electron chi connectivity index (χ2n) is 4.10. The number of aliphatic hydroxyl groups excluding tert-OH is 1. The summed E-state index contributed by atoms with van der Waals surface area (Å²) in [4.78, 5) is 23.4. The first-order valence-electron chi connectivity index (χ1n) is 6.32. The van der Waals surface area contributed by atoms with E-state index in [1.807, 2.05) is 6.92 Å². The van der Waals surface area contributed by atoms with Crippen molar-refractivity contribution in [1.29, 1.82) is 0 Å². The number of benzene rings is 1. The third-order valence-corrected chi connectivity index (χ3v) is 2.55. The van der Waals surface area contributed by atoms with Crippen LogP contribution in [0.1, 0.15) is 30.1 Å². The monoisotopic (exact) mass is 265 g/mol. The lowest BCUT2D eigenvalue weighted by Gasteiger charge is -2.15. The number of carbonyl (C=O) groups excluding carboxylic acids is 2. The molecule has 1 rings (SSSR count). The van der Waals surface area contributed by atoms with Crippen molar-refractivity contribution in [3.8, 4) is 0 Å². The fourth-order valence-electron chi connectivity index (χ4n) is 1.43. The van der Waals surface area contributed by atoms with Crippen molar-refractivity contribution in [2.75, 3.05) is 13.2 Å². The van der Waals surface area contributed by atoms with Gasteiger partial charge < -0.3 is 15.2 Å². The zero-order valence-corrected chi connectivity index (χ0v) is 11.0. The number of unbranched alkanes of at least 4 members (excludes halogenated alkanes) is 1. The van der Waals surface area contributed by atoms with Crippen molar-refractivity contribution in [3.05, 3.63) is 35.9 Å². The van der Waals surface area contributed by atoms with Gasteiger partial charge in [0.2, 0.25) is 0 Å². The Morgan fingerprint density at radius 3 is 2.58 bits per heavy atom. The van der Waals surface area contributed by atoms with Gasteiger partial charge in [0.1, 0.15) is 0 Å². The molecule has 0 heterocycles. The number of aliphatic hydroxyl groups is 1. The molecule has 1 amide bonds. The van der Waals surface area contributed by atoms with Crippen LogP contribution >= 0.6 is 0 Å². The number of ether oxygens (including phenoxy) is 1. The summed E-state index contributed by atoms with van der Waals surface area (Å²) in [5.41, 5.74) is 0.433. The molecule has 0 bridgehead atoms. The van der Waals surface area contributed by atoms with Crippen molar-refractivity contribution in [2.45, 2.75) is 25.8 Å². The highest BCUT2D eigenvalue weighted by Crippen LogP contribution is 2.00. The average molecular weight is 265 g/mol. The third kappa shape index (κ3) is 5.09. The van der Waals surface area contributed by atoms with E-state index in [0.717, 1.165) is 12.8 Å². The van der Waals surface area contributed by atoms with Gasteiger partial charge >= 0.3 is 5.97 Å². The van der Waals surface area contributed by atoms with Gasteiger partial charge in [-0.2, -0.15) is 0 Å². The lowest BCUT2D eigenvalue weighted by atomic mass is 10.2. The summed E-state index contributed by atoms with van der Waals surface area (Å²) < 4.78 is 4.96. The summed E-state index contributed by atoms with van der Waals surface area (Å²) in [6, 6.07) is 7.48. The molecule has 104 valence electrons. The second kappa shape index (κ2) is 8.26. The summed E-state index contributed by atoms with van der Waals surface area (Å²) in [5, 5.41) is 11.6. The molecule has 1 aromatic rings. The van der Waals surface area contributed by atoms with Crippen LogP contribution in [0.4, 0.5) is 0 Å². The molecule has 0 aliphatic heterocycles. The van der Waals surface area contributed by atoms with Gasteiger partial charge in [0.05, 0.1) is 13.2 Å². The zero-order valence-electron chi connectivity index (χ0n) is 11.0. The lowest BCUT2D eigenvalue weighted by Crippen LogP contribution is -2.44. The third-order valence-electron chi connectivity index (χ3n) is 2.55. The van der Waals surface area contributed by atoms with E-state index in [2.05, 4.69) is 5.32 Å². The van der Waals surface area contributed by atoms with E-state index in [1.54, 1.807) is 30.3 Å². The molecule has 0 aromatic heterocycles. The van der Waals surface area contributed by atoms with Crippen LogP contribution in [0, 0.1) is 0 Å². The maximum absolute atomic E-state index is 11.8. The Balaban J connectivity index is 2.52. The standard InChI is InChI=1S/C14H19NO4/c1-2-3-9-19-14(18)12(10-16)15-13(17)11-7-5-4-6-8-11/h4-8,12,16H,2-3,9-10H2,1H3,(H,15,17)/t12-/m1/s1. The number of carbonyl (C=O) groups is 2. The largest absolute Gasteiger partial charge is 0.464 e. The fourth-order valence-corrected chi connectivity index (χ4v) is 1.43. The highest BCUT2D eigenvalue weighted by atomic mass is 16.5. The normalized spacial score (nSPS) is 11.7. The molecule has 0 spiro atoms. The van der Waals surface area contributed by atoms with Gasteiger partial charge in [0.15, 0.2) is 6.04 Å². The van der Waals surface area contributed by atoms with Crippen molar-refractivity contribution < 1.29 is 19.4 Å². The van der Waals surface area contributed by atoms with E-state index >= 15 is 0 Å². The predicted octanol–water partition coefficient (Wildman–Crippen LogP) is 1.12. The number of rotatable bonds is 7. The van der Waals surface area contributed by atoms with Crippen LogP contribution in [0.25, 0.3) is 0 Å². The van der Waals surface area contributed by atoms with Gasteiger partial charge in [-0.25, -0.2) is 4.79 Å². The van der Waals surface area contributed by atoms with Crippen molar-refractivity contribution in [1.82, 2.24) is 5.32 Å². The predicted molar refractivity (Wildman–Crippen MR) is 70.6 cm³/mol. The Hall–Kier alpha value is -1.88. The molecule has 19 heavy (non-hydrogen) atoms. The molecule has 0 aliphatic carbocycles. The van der Waals surface area contributed by atoms with Gasteiger partial charge in [0, 0.05) is 5.56 Å². The molecule has 5 nitrogen and oxygen atoms in total. The van der Waals surface area contributed by atoms with E-state index in [-0.39, 0.29) is 0 Å². The Morgan fingerprint density at radius 2 is 2.00 bits per heavy atom. The Kier molecular flexibility index (Phi) is 6.60. The molecule has 0 aliphatic rings. The topological polar surface area (TPSA) is 75.6 Å². The Bertz CT molecular complexity index is 405. The van der Waals surface area contributed by atoms with Gasteiger partial charge in [-0.05, 0) is 18.6 Å². The number of esters is 1. The minimum Gasteiger partial charge on any atom is -0.464 e. The summed E-state index contributed by atoms with van der Waals surface area (Å²) in [6.45, 7) is 1.80. The van der Waals surface area contributed by atoms with Crippen LogP contribution in [0.2, 0.25) is 0 Å². The van der Waals surface area contributed by atoms with Crippen molar-refractivity contribution >= 4 is 11.9 Å². The van der Waals surface area contributed by atoms with Gasteiger partial charge in [-0.15, -0.1) is 0 Å². The van der Waals surface area contributed by atoms with Crippen LogP contribution in [-0.2, 0) is 9.53 Å². The number of amides is 1. The van der Waals surface area contributed by atoms with E-state index in [9.17, 15) is 9.59 Å². The molecule has 0 fully saturated rings. The summed E-state index contributed by atoms with van der Waals surface area (Å²) in [7, 11) is 0. The summed E-state index contributed by atoms with van der Waals surface area (Å²) in [5.74, 6) is -1.02. The van der Waals surface area contributed by atoms with Crippen molar-refractivity contribution in [2.24, 2.45) is 0 Å². The maximum atomic E-state index is 11.8. The Labute approximate surface area is 112 Å². The van der Waals surface area contributed by atoms with Crippen LogP contribution in [0.3, 0.4) is 0 Å². The molecule has 0 saturated heterocycles. The SMILES string of the molecule is CCCCOC(=O)[C@@H](CO)NC(=O)c1ccccc1. The van der Waals surface area contributed by atoms with E-state index < -0.39 is 24.5 Å². The first kappa shape index (κ1) is 15.2. The molecule has 0 unspecified atom stereocenters. The lowest BCUT2D eigenvalue weighted by molar-refractivity contribution is -0.147. The van der Waals surface area contributed by atoms with Gasteiger partial charge in [-0.1, -0.05) is 31.5 Å². The second-order valence-corrected chi connectivity index (χ2v) is 4.10. The van der Waals surface area contributed by atoms with E-state index in [1.165, 1.54) is 0 Å². The first-order valence-corrected chi connectivity index (χ1v) is 6.32. The first-order chi connectivity index (χ1) is 9.19. The number of hydrogen-bond acceptors (Lipinski definition) is 4. The molecular weight excluding hydrogens is 246 g/mol. The molecule has 5 heteroatoms. The summed E-state index contributed by atoms with van der Waals surface area (Å²) in [6.07, 6.45) is 1.67.